The van der Waals surface area contributed by atoms with E-state index in [4.69, 9.17) is 27.9 Å². The van der Waals surface area contributed by atoms with E-state index in [1.54, 1.807) is 32.9 Å². The number of halogens is 5. The number of benzene rings is 2. The van der Waals surface area contributed by atoms with Gasteiger partial charge in [-0.1, -0.05) is 29.3 Å². The van der Waals surface area contributed by atoms with E-state index >= 15 is 0 Å². The Balaban J connectivity index is 2.12. The van der Waals surface area contributed by atoms with E-state index < -0.39 is 35.7 Å². The summed E-state index contributed by atoms with van der Waals surface area (Å²) in [5.74, 6) is -2.14. The Kier molecular flexibility index (Phi) is 7.52. The van der Waals surface area contributed by atoms with Gasteiger partial charge in [-0.25, -0.2) is 4.79 Å². The molecule has 6 nitrogen and oxygen atoms in total. The highest BCUT2D eigenvalue weighted by atomic mass is 35.5. The van der Waals surface area contributed by atoms with Crippen molar-refractivity contribution in [1.29, 1.82) is 0 Å². The highest BCUT2D eigenvalue weighted by Gasteiger charge is 2.31. The van der Waals surface area contributed by atoms with Gasteiger partial charge in [-0.3, -0.25) is 9.48 Å². The molecule has 0 spiro atoms. The zero-order valence-electron chi connectivity index (χ0n) is 18.9. The standard InChI is InChI=1S/C24H21Cl2F3N2O4/c1-23(2,3)35-21(32)9-14(22(33)34)8-19-17-7-5-15(24(27,28)29)10-20(17)31(30-19)12-13-4-6-16(25)11-18(13)26/h4-8,10-11H,9,12H2,1-3H3,(H,33,34). The lowest BCUT2D eigenvalue weighted by Gasteiger charge is -2.19. The Morgan fingerprint density at radius 1 is 1.11 bits per heavy atom. The summed E-state index contributed by atoms with van der Waals surface area (Å²) in [5.41, 5.74) is -1.30. The number of aliphatic carboxylic acids is 1. The second kappa shape index (κ2) is 9.91. The minimum Gasteiger partial charge on any atom is -0.478 e. The molecule has 3 rings (SSSR count). The summed E-state index contributed by atoms with van der Waals surface area (Å²) in [6.07, 6.45) is -3.99. The van der Waals surface area contributed by atoms with Crippen LogP contribution in [0.25, 0.3) is 17.0 Å². The highest BCUT2D eigenvalue weighted by Crippen LogP contribution is 2.33. The second-order valence-corrected chi connectivity index (χ2v) is 9.59. The Morgan fingerprint density at radius 2 is 1.80 bits per heavy atom. The number of aromatic nitrogens is 2. The lowest BCUT2D eigenvalue weighted by Crippen LogP contribution is -2.24. The van der Waals surface area contributed by atoms with Gasteiger partial charge in [-0.2, -0.15) is 18.3 Å². The largest absolute Gasteiger partial charge is 0.478 e. The van der Waals surface area contributed by atoms with Crippen molar-refractivity contribution < 1.29 is 32.6 Å². The van der Waals surface area contributed by atoms with E-state index in [1.807, 2.05) is 0 Å². The van der Waals surface area contributed by atoms with Gasteiger partial charge in [0.1, 0.15) is 5.60 Å². The molecule has 0 aliphatic rings. The predicted molar refractivity (Wildman–Crippen MR) is 126 cm³/mol. The fourth-order valence-corrected chi connectivity index (χ4v) is 3.77. The summed E-state index contributed by atoms with van der Waals surface area (Å²) in [5, 5.41) is 14.9. The van der Waals surface area contributed by atoms with Crippen molar-refractivity contribution in [2.75, 3.05) is 0 Å². The van der Waals surface area contributed by atoms with Gasteiger partial charge < -0.3 is 9.84 Å². The van der Waals surface area contributed by atoms with Crippen LogP contribution < -0.4 is 0 Å². The van der Waals surface area contributed by atoms with Crippen LogP contribution in [0.2, 0.25) is 10.0 Å². The Labute approximate surface area is 208 Å². The third-order valence-electron chi connectivity index (χ3n) is 4.78. The van der Waals surface area contributed by atoms with Crippen molar-refractivity contribution in [3.63, 3.8) is 0 Å². The van der Waals surface area contributed by atoms with E-state index in [0.29, 0.717) is 15.6 Å². The molecule has 0 saturated carbocycles. The number of carboxylic acid groups (broad SMARTS) is 1. The van der Waals surface area contributed by atoms with Gasteiger partial charge in [-0.15, -0.1) is 0 Å². The first-order chi connectivity index (χ1) is 16.1. The topological polar surface area (TPSA) is 81.4 Å². The van der Waals surface area contributed by atoms with Crippen LogP contribution >= 0.6 is 23.2 Å². The molecule has 3 aromatic rings. The van der Waals surface area contributed by atoms with Crippen LogP contribution in [-0.4, -0.2) is 32.4 Å². The fraction of sp³-hybridized carbons (Fsp3) is 0.292. The Morgan fingerprint density at radius 3 is 2.37 bits per heavy atom. The second-order valence-electron chi connectivity index (χ2n) is 8.75. The number of carbonyl (C=O) groups excluding carboxylic acids is 1. The van der Waals surface area contributed by atoms with Crippen molar-refractivity contribution >= 4 is 52.1 Å². The maximum absolute atomic E-state index is 13.4. The molecule has 0 aliphatic heterocycles. The Hall–Kier alpha value is -3.04. The molecule has 0 radical (unpaired) electrons. The number of ether oxygens (including phenoxy) is 1. The minimum absolute atomic E-state index is 0.00385. The lowest BCUT2D eigenvalue weighted by molar-refractivity contribution is -0.155. The SMILES string of the molecule is CC(C)(C)OC(=O)CC(=Cc1nn(Cc2ccc(Cl)cc2Cl)c2cc(C(F)(F)F)ccc12)C(=O)O. The van der Waals surface area contributed by atoms with E-state index in [-0.39, 0.29) is 28.7 Å². The van der Waals surface area contributed by atoms with Crippen molar-refractivity contribution in [3.05, 3.63) is 68.8 Å². The van der Waals surface area contributed by atoms with E-state index in [0.717, 1.165) is 18.2 Å². The van der Waals surface area contributed by atoms with Crippen molar-refractivity contribution in [2.24, 2.45) is 0 Å². The molecule has 0 saturated heterocycles. The zero-order valence-corrected chi connectivity index (χ0v) is 20.4. The third-order valence-corrected chi connectivity index (χ3v) is 5.37. The monoisotopic (exact) mass is 528 g/mol. The summed E-state index contributed by atoms with van der Waals surface area (Å²) < 4.78 is 46.6. The molecule has 0 amide bonds. The number of fused-ring (bicyclic) bond motifs is 1. The number of carbonyl (C=O) groups is 2. The number of hydrogen-bond donors (Lipinski definition) is 1. The number of alkyl halides is 3. The first-order valence-electron chi connectivity index (χ1n) is 10.3. The van der Waals surface area contributed by atoms with Crippen molar-refractivity contribution in [1.82, 2.24) is 9.78 Å². The summed E-state index contributed by atoms with van der Waals surface area (Å²) in [7, 11) is 0. The molecule has 1 aromatic heterocycles. The molecular formula is C24H21Cl2F3N2O4. The van der Waals surface area contributed by atoms with Crippen LogP contribution in [0.5, 0.6) is 0 Å². The maximum Gasteiger partial charge on any atom is 0.416 e. The van der Waals surface area contributed by atoms with Gasteiger partial charge in [-0.05, 0) is 62.7 Å². The van der Waals surface area contributed by atoms with Crippen molar-refractivity contribution in [3.8, 4) is 0 Å². The molecule has 0 unspecified atom stereocenters. The summed E-state index contributed by atoms with van der Waals surface area (Å²) >= 11 is 12.2. The number of rotatable bonds is 6. The van der Waals surface area contributed by atoms with Crippen LogP contribution in [-0.2, 0) is 27.0 Å². The maximum atomic E-state index is 13.4. The smallest absolute Gasteiger partial charge is 0.416 e. The minimum atomic E-state index is -4.60. The highest BCUT2D eigenvalue weighted by molar-refractivity contribution is 6.35. The number of hydrogen-bond acceptors (Lipinski definition) is 4. The van der Waals surface area contributed by atoms with E-state index in [9.17, 15) is 27.9 Å². The van der Waals surface area contributed by atoms with Crippen LogP contribution in [0, 0.1) is 0 Å². The lowest BCUT2D eigenvalue weighted by atomic mass is 10.1. The molecule has 11 heteroatoms. The van der Waals surface area contributed by atoms with Crippen LogP contribution in [0.4, 0.5) is 13.2 Å². The molecule has 35 heavy (non-hydrogen) atoms. The average molecular weight is 529 g/mol. The molecule has 0 atom stereocenters. The molecule has 0 bridgehead atoms. The van der Waals surface area contributed by atoms with Crippen molar-refractivity contribution in [2.45, 2.75) is 45.5 Å². The van der Waals surface area contributed by atoms with Crippen LogP contribution in [0.3, 0.4) is 0 Å². The predicted octanol–water partition coefficient (Wildman–Crippen LogP) is 6.61. The zero-order chi connectivity index (χ0) is 26.1. The molecule has 186 valence electrons. The number of carboxylic acids is 1. The number of esters is 1. The fourth-order valence-electron chi connectivity index (χ4n) is 3.30. The van der Waals surface area contributed by atoms with Crippen LogP contribution in [0.1, 0.15) is 44.0 Å². The molecule has 0 aliphatic carbocycles. The third kappa shape index (κ3) is 6.76. The molecule has 0 fully saturated rings. The quantitative estimate of drug-likeness (QED) is 0.287. The molecule has 1 N–H and O–H groups in total. The molecule has 2 aromatic carbocycles. The molecular weight excluding hydrogens is 508 g/mol. The van der Waals surface area contributed by atoms with Gasteiger partial charge >= 0.3 is 18.1 Å². The van der Waals surface area contributed by atoms with Crippen LogP contribution in [0.15, 0.2) is 42.0 Å². The summed E-state index contributed by atoms with van der Waals surface area (Å²) in [4.78, 5) is 24.0. The molecule has 1 heterocycles. The summed E-state index contributed by atoms with van der Waals surface area (Å²) in [6.45, 7) is 4.93. The summed E-state index contributed by atoms with van der Waals surface area (Å²) in [6, 6.07) is 7.72. The van der Waals surface area contributed by atoms with Gasteiger partial charge in [0.25, 0.3) is 0 Å². The first kappa shape index (κ1) is 26.6. The van der Waals surface area contributed by atoms with E-state index in [1.165, 1.54) is 16.8 Å². The normalized spacial score (nSPS) is 12.7. The van der Waals surface area contributed by atoms with Gasteiger partial charge in [0, 0.05) is 15.4 Å². The van der Waals surface area contributed by atoms with Gasteiger partial charge in [0.15, 0.2) is 0 Å². The average Bonchev–Trinajstić information content (AvgIpc) is 3.04. The Bertz CT molecular complexity index is 1320. The van der Waals surface area contributed by atoms with E-state index in [2.05, 4.69) is 5.10 Å². The number of nitrogens with zero attached hydrogens (tertiary/aromatic N) is 2. The first-order valence-corrected chi connectivity index (χ1v) is 11.1. The van der Waals surface area contributed by atoms with Gasteiger partial charge in [0.2, 0.25) is 0 Å². The van der Waals surface area contributed by atoms with Gasteiger partial charge in [0.05, 0.1) is 35.3 Å².